The number of nitrogens with zero attached hydrogens (tertiary/aromatic N) is 4. The summed E-state index contributed by atoms with van der Waals surface area (Å²) in [6, 6.07) is 13.2. The molecule has 0 spiro atoms. The molecule has 10 heteroatoms. The molecule has 0 radical (unpaired) electrons. The highest BCUT2D eigenvalue weighted by Gasteiger charge is 2.29. The number of para-hydroxylation sites is 1. The van der Waals surface area contributed by atoms with Crippen molar-refractivity contribution in [1.29, 1.82) is 0 Å². The number of alkyl halides is 3. The number of halogens is 3. The van der Waals surface area contributed by atoms with Gasteiger partial charge in [0, 0.05) is 29.2 Å². The summed E-state index contributed by atoms with van der Waals surface area (Å²) >= 11 is 0. The number of hydrazine groups is 1. The molecule has 5 N–H and O–H groups in total. The lowest BCUT2D eigenvalue weighted by molar-refractivity contribution is -0.137. The summed E-state index contributed by atoms with van der Waals surface area (Å²) in [7, 11) is 0. The monoisotopic (exact) mass is 387 g/mol. The van der Waals surface area contributed by atoms with E-state index in [0.717, 1.165) is 17.3 Å². The number of nitrogens with two attached hydrogens (primary N) is 2. The van der Waals surface area contributed by atoms with Gasteiger partial charge < -0.3 is 11.1 Å². The number of rotatable bonds is 5. The molecule has 2 aromatic carbocycles. The summed E-state index contributed by atoms with van der Waals surface area (Å²) in [4.78, 5) is 7.76. The Morgan fingerprint density at radius 3 is 2.39 bits per heavy atom. The van der Waals surface area contributed by atoms with Crippen molar-refractivity contribution in [2.75, 3.05) is 10.4 Å². The van der Waals surface area contributed by atoms with Crippen molar-refractivity contribution < 1.29 is 13.2 Å². The van der Waals surface area contributed by atoms with Gasteiger partial charge in [0.15, 0.2) is 11.7 Å². The van der Waals surface area contributed by atoms with E-state index in [0.29, 0.717) is 22.8 Å². The third-order valence-corrected chi connectivity index (χ3v) is 3.71. The number of amidine groups is 1. The van der Waals surface area contributed by atoms with Gasteiger partial charge in [-0.25, -0.2) is 15.8 Å². The first-order chi connectivity index (χ1) is 13.3. The van der Waals surface area contributed by atoms with E-state index in [1.54, 1.807) is 30.3 Å². The largest absolute Gasteiger partial charge is 0.416 e. The summed E-state index contributed by atoms with van der Waals surface area (Å²) in [6.07, 6.45) is -1.56. The van der Waals surface area contributed by atoms with Gasteiger partial charge in [-0.1, -0.05) is 12.1 Å². The lowest BCUT2D eigenvalue weighted by Crippen LogP contribution is -2.30. The Morgan fingerprint density at radius 1 is 1.04 bits per heavy atom. The molecule has 0 saturated heterocycles. The summed E-state index contributed by atoms with van der Waals surface area (Å²) < 4.78 is 38.1. The predicted octanol–water partition coefficient (Wildman–Crippen LogP) is 3.24. The molecule has 3 rings (SSSR count). The van der Waals surface area contributed by atoms with E-state index in [2.05, 4.69) is 20.4 Å². The van der Waals surface area contributed by atoms with Crippen molar-refractivity contribution >= 4 is 23.0 Å². The van der Waals surface area contributed by atoms with E-state index in [1.165, 1.54) is 24.7 Å². The molecule has 0 aliphatic rings. The van der Waals surface area contributed by atoms with Gasteiger partial charge >= 0.3 is 6.18 Å². The van der Waals surface area contributed by atoms with E-state index < -0.39 is 11.7 Å². The van der Waals surface area contributed by atoms with Gasteiger partial charge in [0.25, 0.3) is 0 Å². The van der Waals surface area contributed by atoms with Crippen LogP contribution in [0.25, 0.3) is 0 Å². The maximum absolute atomic E-state index is 12.7. The van der Waals surface area contributed by atoms with Crippen molar-refractivity contribution in [3.8, 4) is 0 Å². The predicted molar refractivity (Wildman–Crippen MR) is 101 cm³/mol. The van der Waals surface area contributed by atoms with Crippen LogP contribution in [0.2, 0.25) is 0 Å². The zero-order chi connectivity index (χ0) is 20.1. The van der Waals surface area contributed by atoms with Crippen LogP contribution in [0.15, 0.2) is 72.2 Å². The van der Waals surface area contributed by atoms with Gasteiger partial charge in [-0.15, -0.1) is 5.10 Å². The molecule has 1 aromatic heterocycles. The lowest BCUT2D eigenvalue weighted by atomic mass is 10.1. The first-order valence-corrected chi connectivity index (χ1v) is 8.03. The number of benzene rings is 2. The zero-order valence-electron chi connectivity index (χ0n) is 14.4. The average molecular weight is 387 g/mol. The Kier molecular flexibility index (Phi) is 5.41. The molecule has 0 unspecified atom stereocenters. The number of hydrogen-bond donors (Lipinski definition) is 3. The van der Waals surface area contributed by atoms with Crippen LogP contribution in [0, 0.1) is 0 Å². The SMILES string of the molecule is N/C(=N\N(N)c1ccncn1)c1ccccc1Nc1ccc(C(F)(F)F)cc1. The second-order valence-electron chi connectivity index (χ2n) is 5.64. The maximum atomic E-state index is 12.7. The molecule has 3 aromatic rings. The molecule has 0 bridgehead atoms. The molecule has 0 aliphatic heterocycles. The Labute approximate surface area is 158 Å². The van der Waals surface area contributed by atoms with E-state index in [4.69, 9.17) is 11.6 Å². The average Bonchev–Trinajstić information content (AvgIpc) is 2.68. The van der Waals surface area contributed by atoms with Crippen LogP contribution in [-0.2, 0) is 6.18 Å². The third-order valence-electron chi connectivity index (χ3n) is 3.71. The van der Waals surface area contributed by atoms with Crippen molar-refractivity contribution in [3.05, 3.63) is 78.2 Å². The Hall–Kier alpha value is -3.66. The van der Waals surface area contributed by atoms with Crippen LogP contribution in [0.5, 0.6) is 0 Å². The highest BCUT2D eigenvalue weighted by Crippen LogP contribution is 2.30. The third kappa shape index (κ3) is 4.54. The first-order valence-electron chi connectivity index (χ1n) is 8.03. The molecule has 0 atom stereocenters. The Bertz CT molecular complexity index is 957. The summed E-state index contributed by atoms with van der Waals surface area (Å²) in [5.41, 5.74) is 6.88. The summed E-state index contributed by atoms with van der Waals surface area (Å²) in [5, 5.41) is 8.13. The van der Waals surface area contributed by atoms with Gasteiger partial charge in [0.05, 0.1) is 5.56 Å². The number of hydrazone groups is 1. The minimum Gasteiger partial charge on any atom is -0.382 e. The molecule has 0 aliphatic carbocycles. The number of aromatic nitrogens is 2. The number of anilines is 3. The van der Waals surface area contributed by atoms with Crippen LogP contribution in [0.1, 0.15) is 11.1 Å². The topological polar surface area (TPSA) is 105 Å². The molecule has 7 nitrogen and oxygen atoms in total. The quantitative estimate of drug-likeness (QED) is 0.269. The lowest BCUT2D eigenvalue weighted by Gasteiger charge is -2.15. The molecule has 1 heterocycles. The fourth-order valence-electron chi connectivity index (χ4n) is 2.35. The van der Waals surface area contributed by atoms with Crippen molar-refractivity contribution in [2.24, 2.45) is 16.7 Å². The van der Waals surface area contributed by atoms with E-state index >= 15 is 0 Å². The van der Waals surface area contributed by atoms with E-state index in [-0.39, 0.29) is 5.84 Å². The van der Waals surface area contributed by atoms with E-state index in [9.17, 15) is 13.2 Å². The minimum atomic E-state index is -4.39. The van der Waals surface area contributed by atoms with Crippen molar-refractivity contribution in [2.45, 2.75) is 6.18 Å². The molecule has 144 valence electrons. The fourth-order valence-corrected chi connectivity index (χ4v) is 2.35. The number of hydrogen-bond acceptors (Lipinski definition) is 6. The van der Waals surface area contributed by atoms with Crippen LogP contribution in [-0.4, -0.2) is 15.8 Å². The highest BCUT2D eigenvalue weighted by atomic mass is 19.4. The second kappa shape index (κ2) is 7.92. The van der Waals surface area contributed by atoms with Crippen LogP contribution >= 0.6 is 0 Å². The normalized spacial score (nSPS) is 11.9. The van der Waals surface area contributed by atoms with Crippen LogP contribution in [0.4, 0.5) is 30.4 Å². The second-order valence-corrected chi connectivity index (χ2v) is 5.64. The van der Waals surface area contributed by atoms with Gasteiger partial charge in [-0.2, -0.15) is 18.3 Å². The summed E-state index contributed by atoms with van der Waals surface area (Å²) in [6.45, 7) is 0. The van der Waals surface area contributed by atoms with Gasteiger partial charge in [-0.3, -0.25) is 0 Å². The smallest absolute Gasteiger partial charge is 0.382 e. The van der Waals surface area contributed by atoms with E-state index in [1.807, 2.05) is 0 Å². The first kappa shape index (κ1) is 19.1. The molecule has 0 fully saturated rings. The fraction of sp³-hybridized carbons (Fsp3) is 0.0556. The van der Waals surface area contributed by atoms with Gasteiger partial charge in [0.1, 0.15) is 6.33 Å². The molecule has 0 amide bonds. The molecular weight excluding hydrogens is 371 g/mol. The molecular formula is C18H16F3N7. The van der Waals surface area contributed by atoms with Crippen LogP contribution in [0.3, 0.4) is 0 Å². The Morgan fingerprint density at radius 2 is 1.75 bits per heavy atom. The maximum Gasteiger partial charge on any atom is 0.416 e. The van der Waals surface area contributed by atoms with Gasteiger partial charge in [-0.05, 0) is 36.4 Å². The zero-order valence-corrected chi connectivity index (χ0v) is 14.4. The Balaban J connectivity index is 1.84. The van der Waals surface area contributed by atoms with Crippen molar-refractivity contribution in [3.63, 3.8) is 0 Å². The highest BCUT2D eigenvalue weighted by molar-refractivity contribution is 6.03. The van der Waals surface area contributed by atoms with Crippen LogP contribution < -0.4 is 22.0 Å². The molecule has 0 saturated carbocycles. The molecule has 28 heavy (non-hydrogen) atoms. The van der Waals surface area contributed by atoms with Gasteiger partial charge in [0.2, 0.25) is 0 Å². The summed E-state index contributed by atoms with van der Waals surface area (Å²) in [5.74, 6) is 6.27. The minimum absolute atomic E-state index is 0.0936. The standard InChI is InChI=1S/C18H16F3N7/c19-18(20,21)12-5-7-13(8-6-12)26-15-4-2-1-3-14(15)17(22)27-28(23)16-9-10-24-11-25-16/h1-11,26H,23H2,(H2,22,27). The number of nitrogens with one attached hydrogen (secondary N) is 1. The van der Waals surface area contributed by atoms with Crippen molar-refractivity contribution in [1.82, 2.24) is 9.97 Å².